The van der Waals surface area contributed by atoms with Crippen molar-refractivity contribution in [3.8, 4) is 0 Å². The minimum absolute atomic E-state index is 0.0942. The Morgan fingerprint density at radius 3 is 2.38 bits per heavy atom. The van der Waals surface area contributed by atoms with E-state index in [2.05, 4.69) is 25.4 Å². The molecule has 9 nitrogen and oxygen atoms in total. The van der Waals surface area contributed by atoms with E-state index in [9.17, 15) is 27.6 Å². The van der Waals surface area contributed by atoms with Gasteiger partial charge in [0.25, 0.3) is 0 Å². The molecule has 0 aromatic rings. The highest BCUT2D eigenvalue weighted by atomic mass is 32.2. The molecule has 0 radical (unpaired) electrons. The van der Waals surface area contributed by atoms with Crippen LogP contribution in [0.4, 0.5) is 13.2 Å². The number of halogens is 3. The van der Waals surface area contributed by atoms with Crippen molar-refractivity contribution in [1.82, 2.24) is 10.6 Å². The molecule has 2 N–H and O–H groups in total. The number of nitrogens with one attached hydrogen (secondary N) is 2. The average Bonchev–Trinajstić information content (AvgIpc) is 2.70. The summed E-state index contributed by atoms with van der Waals surface area (Å²) in [5.41, 5.74) is 9.93. The number of hydrogen-bond donors (Lipinski definition) is 2. The molecule has 2 atom stereocenters. The highest BCUT2D eigenvalue weighted by Gasteiger charge is 2.44. The molecule has 0 aliphatic heterocycles. The second-order valence-electron chi connectivity index (χ2n) is 6.82. The van der Waals surface area contributed by atoms with Gasteiger partial charge in [-0.3, -0.25) is 9.59 Å². The number of esters is 1. The van der Waals surface area contributed by atoms with E-state index in [0.29, 0.717) is 29.9 Å². The number of hydrogen-bond acceptors (Lipinski definition) is 6. The molecule has 2 amide bonds. The zero-order valence-electron chi connectivity index (χ0n) is 18.4. The number of carbonyl (C=O) groups excluding carboxylic acids is 3. The van der Waals surface area contributed by atoms with Crippen LogP contribution in [-0.4, -0.2) is 61.2 Å². The van der Waals surface area contributed by atoms with Crippen molar-refractivity contribution < 1.29 is 32.3 Å². The second kappa shape index (κ2) is 15.2. The molecule has 0 saturated heterocycles. The third kappa shape index (κ3) is 12.9. The van der Waals surface area contributed by atoms with E-state index in [4.69, 9.17) is 5.53 Å². The number of allylic oxidation sites excluding steroid dienone is 2. The van der Waals surface area contributed by atoms with Gasteiger partial charge in [-0.05, 0) is 32.2 Å². The Kier molecular flexibility index (Phi) is 13.9. The predicted octanol–water partition coefficient (Wildman–Crippen LogP) is 3.43. The lowest BCUT2D eigenvalue weighted by atomic mass is 10.1. The van der Waals surface area contributed by atoms with E-state index >= 15 is 0 Å². The molecule has 0 aromatic carbocycles. The summed E-state index contributed by atoms with van der Waals surface area (Å²) in [5.74, 6) is -1.25. The Balaban J connectivity index is 4.44. The minimum Gasteiger partial charge on any atom is -0.467 e. The first kappa shape index (κ1) is 29.3. The first-order chi connectivity index (χ1) is 14.9. The highest BCUT2D eigenvalue weighted by Crippen LogP contribution is 2.23. The lowest BCUT2D eigenvalue weighted by molar-refractivity contribution is -0.162. The van der Waals surface area contributed by atoms with Crippen molar-refractivity contribution in [3.05, 3.63) is 33.7 Å². The summed E-state index contributed by atoms with van der Waals surface area (Å²) in [7, 11) is 1.25. The maximum absolute atomic E-state index is 12.7. The van der Waals surface area contributed by atoms with Gasteiger partial charge in [0.1, 0.15) is 6.04 Å². The Hall–Kier alpha value is -2.66. The van der Waals surface area contributed by atoms with Crippen LogP contribution >= 0.6 is 11.8 Å². The van der Waals surface area contributed by atoms with Gasteiger partial charge in [0.15, 0.2) is 0 Å². The number of alkyl halides is 3. The number of amides is 2. The minimum atomic E-state index is -4.95. The van der Waals surface area contributed by atoms with E-state index in [1.54, 1.807) is 13.0 Å². The molecule has 0 rings (SSSR count). The Labute approximate surface area is 188 Å². The summed E-state index contributed by atoms with van der Waals surface area (Å²) in [6, 6.07) is -3.47. The zero-order valence-corrected chi connectivity index (χ0v) is 19.2. The summed E-state index contributed by atoms with van der Waals surface area (Å²) >= 11 is 1.45. The number of nitrogens with zero attached hydrogens (tertiary/aromatic N) is 3. The highest BCUT2D eigenvalue weighted by molar-refractivity contribution is 7.99. The maximum atomic E-state index is 12.7. The van der Waals surface area contributed by atoms with Crippen molar-refractivity contribution in [3.63, 3.8) is 0 Å². The molecule has 0 bridgehead atoms. The van der Waals surface area contributed by atoms with E-state index in [-0.39, 0.29) is 12.5 Å². The quantitative estimate of drug-likeness (QED) is 0.104. The largest absolute Gasteiger partial charge is 0.467 e. The topological polar surface area (TPSA) is 133 Å². The van der Waals surface area contributed by atoms with Crippen LogP contribution in [0.3, 0.4) is 0 Å². The third-order valence-corrected chi connectivity index (χ3v) is 4.97. The normalized spacial score (nSPS) is 14.1. The number of methoxy groups -OCH3 is 1. The molecule has 1 unspecified atom stereocenters. The van der Waals surface area contributed by atoms with Gasteiger partial charge in [-0.15, -0.1) is 0 Å². The van der Waals surface area contributed by atoms with E-state index in [1.165, 1.54) is 25.8 Å². The maximum Gasteiger partial charge on any atom is 0.406 e. The smallest absolute Gasteiger partial charge is 0.406 e. The molecular formula is C19H28F3N5O4S. The van der Waals surface area contributed by atoms with Gasteiger partial charge in [0, 0.05) is 29.9 Å². The van der Waals surface area contributed by atoms with Crippen molar-refractivity contribution >= 4 is 29.5 Å². The Morgan fingerprint density at radius 1 is 1.19 bits per heavy atom. The van der Waals surface area contributed by atoms with Gasteiger partial charge in [-0.2, -0.15) is 24.9 Å². The predicted molar refractivity (Wildman–Crippen MR) is 116 cm³/mol. The molecule has 0 fully saturated rings. The number of rotatable bonds is 13. The molecule has 0 heterocycles. The molecule has 13 heteroatoms. The van der Waals surface area contributed by atoms with Crippen LogP contribution in [-0.2, 0) is 19.1 Å². The first-order valence-electron chi connectivity index (χ1n) is 9.54. The summed E-state index contributed by atoms with van der Waals surface area (Å²) in [6.45, 7) is 4.81. The first-order valence-corrected chi connectivity index (χ1v) is 10.7. The molecule has 32 heavy (non-hydrogen) atoms. The van der Waals surface area contributed by atoms with E-state index in [1.807, 2.05) is 13.0 Å². The fourth-order valence-corrected chi connectivity index (χ4v) is 3.30. The van der Waals surface area contributed by atoms with E-state index in [0.717, 1.165) is 5.57 Å². The van der Waals surface area contributed by atoms with Crippen LogP contribution < -0.4 is 10.6 Å². The number of ether oxygens (including phenoxy) is 1. The molecule has 0 spiro atoms. The van der Waals surface area contributed by atoms with Crippen molar-refractivity contribution in [2.75, 3.05) is 25.2 Å². The van der Waals surface area contributed by atoms with Gasteiger partial charge in [-0.25, -0.2) is 4.79 Å². The van der Waals surface area contributed by atoms with Crippen molar-refractivity contribution in [2.45, 2.75) is 51.9 Å². The van der Waals surface area contributed by atoms with Gasteiger partial charge in [0.05, 0.1) is 7.11 Å². The van der Waals surface area contributed by atoms with Crippen LogP contribution in [0, 0.1) is 0 Å². The lowest BCUT2D eigenvalue weighted by Gasteiger charge is -2.15. The fraction of sp³-hybridized carbons (Fsp3) is 0.632. The number of azide groups is 1. The van der Waals surface area contributed by atoms with Gasteiger partial charge in [0.2, 0.25) is 17.9 Å². The summed E-state index contributed by atoms with van der Waals surface area (Å²) in [5, 5.41) is 7.14. The van der Waals surface area contributed by atoms with E-state index < -0.39 is 30.1 Å². The monoisotopic (exact) mass is 479 g/mol. The zero-order chi connectivity index (χ0) is 24.7. The van der Waals surface area contributed by atoms with Gasteiger partial charge >= 0.3 is 12.1 Å². The second-order valence-corrected chi connectivity index (χ2v) is 7.90. The van der Waals surface area contributed by atoms with Crippen molar-refractivity contribution in [1.29, 1.82) is 0 Å². The molecule has 180 valence electrons. The molecule has 0 aliphatic carbocycles. The Bertz CT molecular complexity index is 765. The summed E-state index contributed by atoms with van der Waals surface area (Å²) in [6.07, 6.45) is 0.135. The van der Waals surface area contributed by atoms with Crippen LogP contribution in [0.1, 0.15) is 33.6 Å². The van der Waals surface area contributed by atoms with Gasteiger partial charge in [-0.1, -0.05) is 28.4 Å². The molecule has 0 aromatic heterocycles. The van der Waals surface area contributed by atoms with Crippen LogP contribution in [0.5, 0.6) is 0 Å². The van der Waals surface area contributed by atoms with Crippen LogP contribution in [0.25, 0.3) is 10.4 Å². The molecule has 0 saturated carbocycles. The van der Waals surface area contributed by atoms with Crippen LogP contribution in [0.15, 0.2) is 28.4 Å². The standard InChI is InChI=1S/C19H28F3N5O4S/c1-12(8-9-32-11-15(18(30)31-4)25-14(3)28)6-5-7-13(2)10-24-17(29)16(26-27-23)19(20,21)22/h7-8,15-16H,5-6,9-11H2,1-4H3,(H,24,29)(H,25,28)/b12-8+,13-7+/t15-,16?/m0/s1. The summed E-state index contributed by atoms with van der Waals surface area (Å²) in [4.78, 5) is 36.4. The number of thioether (sulfide) groups is 1. The third-order valence-electron chi connectivity index (χ3n) is 4.00. The SMILES string of the molecule is COC(=O)[C@H](CSC/C=C(\C)CC/C=C(\C)CNC(=O)C(N=[N+]=[N-])C(F)(F)F)NC(C)=O. The van der Waals surface area contributed by atoms with Crippen LogP contribution in [0.2, 0.25) is 0 Å². The number of carbonyl (C=O) groups is 3. The average molecular weight is 480 g/mol. The molecular weight excluding hydrogens is 451 g/mol. The molecule has 0 aliphatic rings. The fourth-order valence-electron chi connectivity index (χ4n) is 2.31. The van der Waals surface area contributed by atoms with Crippen molar-refractivity contribution in [2.24, 2.45) is 5.11 Å². The summed E-state index contributed by atoms with van der Waals surface area (Å²) < 4.78 is 42.7. The Morgan fingerprint density at radius 2 is 1.84 bits per heavy atom. The van der Waals surface area contributed by atoms with Gasteiger partial charge < -0.3 is 15.4 Å². The lowest BCUT2D eigenvalue weighted by Crippen LogP contribution is -2.43.